The standard InChI is InChI=1S/C19H30N2O/c1-4-6-16(3)20-19(22)18-9-11-21(12-10-18)14-17-8-5-7-15(2)13-17/h5,7-8,13,16,18H,4,6,9-12,14H2,1-3H3,(H,20,22). The second-order valence-electron chi connectivity index (χ2n) is 6.74. The van der Waals surface area contributed by atoms with Crippen molar-refractivity contribution in [2.45, 2.75) is 59.0 Å². The topological polar surface area (TPSA) is 32.3 Å². The van der Waals surface area contributed by atoms with Gasteiger partial charge in [0.2, 0.25) is 5.91 Å². The first-order chi connectivity index (χ1) is 10.6. The maximum absolute atomic E-state index is 12.3. The van der Waals surface area contributed by atoms with Gasteiger partial charge in [0, 0.05) is 18.5 Å². The number of nitrogens with one attached hydrogen (secondary N) is 1. The predicted molar refractivity (Wildman–Crippen MR) is 91.7 cm³/mol. The zero-order valence-electron chi connectivity index (χ0n) is 14.3. The highest BCUT2D eigenvalue weighted by atomic mass is 16.1. The number of amides is 1. The van der Waals surface area contributed by atoms with Gasteiger partial charge in [-0.3, -0.25) is 9.69 Å². The molecule has 1 amide bonds. The first kappa shape index (κ1) is 17.0. The summed E-state index contributed by atoms with van der Waals surface area (Å²) in [5.41, 5.74) is 2.69. The lowest BCUT2D eigenvalue weighted by molar-refractivity contribution is -0.127. The Morgan fingerprint density at radius 2 is 2.09 bits per heavy atom. The molecule has 1 unspecified atom stereocenters. The fraction of sp³-hybridized carbons (Fsp3) is 0.632. The molecule has 0 saturated carbocycles. The van der Waals surface area contributed by atoms with Gasteiger partial charge < -0.3 is 5.32 Å². The number of aryl methyl sites for hydroxylation is 1. The zero-order chi connectivity index (χ0) is 15.9. The second-order valence-corrected chi connectivity index (χ2v) is 6.74. The fourth-order valence-corrected chi connectivity index (χ4v) is 3.29. The van der Waals surface area contributed by atoms with E-state index in [1.54, 1.807) is 0 Å². The van der Waals surface area contributed by atoms with Gasteiger partial charge in [0.05, 0.1) is 0 Å². The van der Waals surface area contributed by atoms with Crippen LogP contribution < -0.4 is 5.32 Å². The number of carbonyl (C=O) groups is 1. The lowest BCUT2D eigenvalue weighted by atomic mass is 9.95. The predicted octanol–water partition coefficient (Wildman–Crippen LogP) is 3.51. The lowest BCUT2D eigenvalue weighted by Gasteiger charge is -2.32. The van der Waals surface area contributed by atoms with Gasteiger partial charge in [-0.1, -0.05) is 43.2 Å². The van der Waals surface area contributed by atoms with Crippen molar-refractivity contribution in [2.75, 3.05) is 13.1 Å². The maximum atomic E-state index is 12.3. The van der Waals surface area contributed by atoms with Gasteiger partial charge in [0.25, 0.3) is 0 Å². The van der Waals surface area contributed by atoms with Crippen LogP contribution in [0.4, 0.5) is 0 Å². The van der Waals surface area contributed by atoms with Gasteiger partial charge in [0.1, 0.15) is 0 Å². The minimum atomic E-state index is 0.202. The van der Waals surface area contributed by atoms with Crippen molar-refractivity contribution in [3.63, 3.8) is 0 Å². The minimum absolute atomic E-state index is 0.202. The Balaban J connectivity index is 1.76. The molecule has 3 nitrogen and oxygen atoms in total. The normalized spacial score (nSPS) is 18.1. The van der Waals surface area contributed by atoms with E-state index >= 15 is 0 Å². The number of hydrogen-bond acceptors (Lipinski definition) is 2. The number of carbonyl (C=O) groups excluding carboxylic acids is 1. The largest absolute Gasteiger partial charge is 0.353 e. The van der Waals surface area contributed by atoms with Gasteiger partial charge in [-0.25, -0.2) is 0 Å². The summed E-state index contributed by atoms with van der Waals surface area (Å²) in [5, 5.41) is 3.17. The third kappa shape index (κ3) is 5.13. The average molecular weight is 302 g/mol. The average Bonchev–Trinajstić information content (AvgIpc) is 2.48. The van der Waals surface area contributed by atoms with Crippen LogP contribution in [0.5, 0.6) is 0 Å². The van der Waals surface area contributed by atoms with Crippen molar-refractivity contribution in [2.24, 2.45) is 5.92 Å². The fourth-order valence-electron chi connectivity index (χ4n) is 3.29. The Morgan fingerprint density at radius 3 is 2.73 bits per heavy atom. The lowest BCUT2D eigenvalue weighted by Crippen LogP contribution is -2.42. The van der Waals surface area contributed by atoms with Gasteiger partial charge >= 0.3 is 0 Å². The highest BCUT2D eigenvalue weighted by molar-refractivity contribution is 5.79. The molecule has 1 heterocycles. The Hall–Kier alpha value is -1.35. The van der Waals surface area contributed by atoms with Crippen LogP contribution in [0.3, 0.4) is 0 Å². The summed E-state index contributed by atoms with van der Waals surface area (Å²) >= 11 is 0. The van der Waals surface area contributed by atoms with E-state index in [9.17, 15) is 4.79 Å². The Labute approximate surface area is 135 Å². The molecule has 22 heavy (non-hydrogen) atoms. The van der Waals surface area contributed by atoms with Gasteiger partial charge in [-0.15, -0.1) is 0 Å². The highest BCUT2D eigenvalue weighted by Crippen LogP contribution is 2.20. The summed E-state index contributed by atoms with van der Waals surface area (Å²) in [5.74, 6) is 0.462. The van der Waals surface area contributed by atoms with Crippen molar-refractivity contribution in [3.8, 4) is 0 Å². The molecule has 1 N–H and O–H groups in total. The van der Waals surface area contributed by atoms with Crippen LogP contribution in [-0.4, -0.2) is 29.9 Å². The molecule has 1 aliphatic rings. The summed E-state index contributed by atoms with van der Waals surface area (Å²) in [4.78, 5) is 14.7. The first-order valence-electron chi connectivity index (χ1n) is 8.66. The summed E-state index contributed by atoms with van der Waals surface area (Å²) in [6.45, 7) is 9.45. The zero-order valence-corrected chi connectivity index (χ0v) is 14.3. The summed E-state index contributed by atoms with van der Waals surface area (Å²) in [6.07, 6.45) is 4.15. The summed E-state index contributed by atoms with van der Waals surface area (Å²) < 4.78 is 0. The van der Waals surface area contributed by atoms with E-state index in [0.717, 1.165) is 45.3 Å². The number of rotatable bonds is 6. The van der Waals surface area contributed by atoms with E-state index in [1.165, 1.54) is 11.1 Å². The highest BCUT2D eigenvalue weighted by Gasteiger charge is 2.25. The second kappa shape index (κ2) is 8.33. The van der Waals surface area contributed by atoms with Crippen molar-refractivity contribution in [3.05, 3.63) is 35.4 Å². The van der Waals surface area contributed by atoms with E-state index in [4.69, 9.17) is 0 Å². The molecule has 1 aromatic rings. The van der Waals surface area contributed by atoms with Crippen molar-refractivity contribution in [1.29, 1.82) is 0 Å². The molecular formula is C19H30N2O. The van der Waals surface area contributed by atoms with Crippen LogP contribution in [-0.2, 0) is 11.3 Å². The molecule has 1 aliphatic heterocycles. The SMILES string of the molecule is CCCC(C)NC(=O)C1CCN(Cc2cccc(C)c2)CC1. The van der Waals surface area contributed by atoms with Crippen molar-refractivity contribution < 1.29 is 4.79 Å². The van der Waals surface area contributed by atoms with E-state index < -0.39 is 0 Å². The van der Waals surface area contributed by atoms with Gasteiger partial charge in [-0.2, -0.15) is 0 Å². The molecular weight excluding hydrogens is 272 g/mol. The van der Waals surface area contributed by atoms with Crippen molar-refractivity contribution in [1.82, 2.24) is 10.2 Å². The molecule has 0 radical (unpaired) electrons. The number of piperidine rings is 1. The molecule has 1 atom stereocenters. The van der Waals surface area contributed by atoms with Crippen LogP contribution in [0.15, 0.2) is 24.3 Å². The van der Waals surface area contributed by atoms with Crippen LogP contribution >= 0.6 is 0 Å². The molecule has 1 saturated heterocycles. The third-order valence-electron chi connectivity index (χ3n) is 4.56. The van der Waals surface area contributed by atoms with Crippen LogP contribution in [0, 0.1) is 12.8 Å². The number of hydrogen-bond donors (Lipinski definition) is 1. The van der Waals surface area contributed by atoms with E-state index in [-0.39, 0.29) is 11.8 Å². The van der Waals surface area contributed by atoms with Crippen LogP contribution in [0.1, 0.15) is 50.7 Å². The summed E-state index contributed by atoms with van der Waals surface area (Å²) in [6, 6.07) is 9.02. The van der Waals surface area contributed by atoms with E-state index in [0.29, 0.717) is 6.04 Å². The van der Waals surface area contributed by atoms with Crippen LogP contribution in [0.25, 0.3) is 0 Å². The minimum Gasteiger partial charge on any atom is -0.353 e. The van der Waals surface area contributed by atoms with Crippen LogP contribution in [0.2, 0.25) is 0 Å². The monoisotopic (exact) mass is 302 g/mol. The van der Waals surface area contributed by atoms with E-state index in [2.05, 4.69) is 55.3 Å². The van der Waals surface area contributed by atoms with E-state index in [1.807, 2.05) is 0 Å². The molecule has 0 bridgehead atoms. The first-order valence-corrected chi connectivity index (χ1v) is 8.66. The van der Waals surface area contributed by atoms with Gasteiger partial charge in [-0.05, 0) is 51.8 Å². The molecule has 2 rings (SSSR count). The number of benzene rings is 1. The quantitative estimate of drug-likeness (QED) is 0.872. The number of nitrogens with zero attached hydrogens (tertiary/aromatic N) is 1. The molecule has 122 valence electrons. The smallest absolute Gasteiger partial charge is 0.223 e. The third-order valence-corrected chi connectivity index (χ3v) is 4.56. The molecule has 0 aliphatic carbocycles. The molecule has 1 fully saturated rings. The molecule has 3 heteroatoms. The van der Waals surface area contributed by atoms with Crippen molar-refractivity contribution >= 4 is 5.91 Å². The Morgan fingerprint density at radius 1 is 1.36 bits per heavy atom. The van der Waals surface area contributed by atoms with Gasteiger partial charge in [0.15, 0.2) is 0 Å². The molecule has 0 aromatic heterocycles. The summed E-state index contributed by atoms with van der Waals surface area (Å²) in [7, 11) is 0. The Bertz CT molecular complexity index is 478. The molecule has 0 spiro atoms. The maximum Gasteiger partial charge on any atom is 0.223 e. The molecule has 1 aromatic carbocycles. The number of likely N-dealkylation sites (tertiary alicyclic amines) is 1. The Kier molecular flexibility index (Phi) is 6.44.